The predicted octanol–water partition coefficient (Wildman–Crippen LogP) is 3.00. The average molecular weight is 381 g/mol. The maximum absolute atomic E-state index is 13.0. The maximum Gasteiger partial charge on any atom is 0.258 e. The summed E-state index contributed by atoms with van der Waals surface area (Å²) in [5.41, 5.74) is 9.51. The van der Waals surface area contributed by atoms with E-state index in [-0.39, 0.29) is 23.2 Å². The fraction of sp³-hybridized carbons (Fsp3) is 0.278. The van der Waals surface area contributed by atoms with Gasteiger partial charge in [0.15, 0.2) is 9.84 Å². The lowest BCUT2D eigenvalue weighted by Gasteiger charge is -2.30. The fourth-order valence-corrected chi connectivity index (χ4v) is 4.15. The molecule has 1 aliphatic heterocycles. The van der Waals surface area contributed by atoms with Crippen molar-refractivity contribution in [3.05, 3.63) is 53.1 Å². The highest BCUT2D eigenvalue weighted by Gasteiger charge is 2.25. The molecule has 0 atom stereocenters. The number of sulfone groups is 1. The number of fused-ring (bicyclic) bond motifs is 1. The van der Waals surface area contributed by atoms with Crippen LogP contribution in [0.2, 0.25) is 0 Å². The first-order chi connectivity index (χ1) is 11.3. The second-order valence-corrected chi connectivity index (χ2v) is 8.14. The zero-order chi connectivity index (χ0) is 17.5. The average Bonchev–Trinajstić information content (AvgIpc) is 2.53. The van der Waals surface area contributed by atoms with Crippen LogP contribution in [0.3, 0.4) is 0 Å². The van der Waals surface area contributed by atoms with Gasteiger partial charge in [-0.05, 0) is 55.2 Å². The van der Waals surface area contributed by atoms with E-state index in [4.69, 9.17) is 5.73 Å². The molecule has 1 aliphatic rings. The van der Waals surface area contributed by atoms with Crippen molar-refractivity contribution in [2.24, 2.45) is 0 Å². The van der Waals surface area contributed by atoms with Crippen LogP contribution in [0, 0.1) is 6.92 Å². The van der Waals surface area contributed by atoms with Crippen molar-refractivity contribution < 1.29 is 13.2 Å². The van der Waals surface area contributed by atoms with Gasteiger partial charge in [-0.15, -0.1) is 12.4 Å². The molecular formula is C18H21ClN2O3S. The Morgan fingerprint density at radius 2 is 1.92 bits per heavy atom. The van der Waals surface area contributed by atoms with E-state index in [1.807, 2.05) is 18.2 Å². The standard InChI is InChI=1S/C18H20N2O3S.ClH/c1-12-8-9-13(11-17(12)24(2,22)23)18(21)20-10-4-5-14-15(19)6-3-7-16(14)20;/h3,6-9,11H,4-5,10,19H2,1-2H3;1H. The molecule has 7 heteroatoms. The third-order valence-corrected chi connectivity index (χ3v) is 5.61. The number of carbonyl (C=O) groups excluding carboxylic acids is 1. The number of hydrogen-bond acceptors (Lipinski definition) is 4. The molecule has 0 radical (unpaired) electrons. The van der Waals surface area contributed by atoms with Gasteiger partial charge in [-0.3, -0.25) is 4.79 Å². The predicted molar refractivity (Wildman–Crippen MR) is 102 cm³/mol. The lowest BCUT2D eigenvalue weighted by Crippen LogP contribution is -2.35. The van der Waals surface area contributed by atoms with Gasteiger partial charge in [0.25, 0.3) is 5.91 Å². The molecule has 0 spiro atoms. The van der Waals surface area contributed by atoms with Crippen molar-refractivity contribution in [3.8, 4) is 0 Å². The molecule has 0 fully saturated rings. The first-order valence-corrected chi connectivity index (χ1v) is 9.68. The summed E-state index contributed by atoms with van der Waals surface area (Å²) in [7, 11) is -3.38. The van der Waals surface area contributed by atoms with E-state index in [1.165, 1.54) is 6.07 Å². The zero-order valence-corrected chi connectivity index (χ0v) is 15.8. The lowest BCUT2D eigenvalue weighted by atomic mass is 9.99. The quantitative estimate of drug-likeness (QED) is 0.812. The van der Waals surface area contributed by atoms with Gasteiger partial charge in [-0.1, -0.05) is 12.1 Å². The number of nitrogen functional groups attached to an aromatic ring is 1. The smallest absolute Gasteiger partial charge is 0.258 e. The van der Waals surface area contributed by atoms with Crippen molar-refractivity contribution in [3.63, 3.8) is 0 Å². The summed E-state index contributed by atoms with van der Waals surface area (Å²) in [5.74, 6) is -0.202. The van der Waals surface area contributed by atoms with Crippen LogP contribution < -0.4 is 10.6 Å². The van der Waals surface area contributed by atoms with E-state index in [0.717, 1.165) is 30.3 Å². The molecule has 0 saturated heterocycles. The van der Waals surface area contributed by atoms with Crippen molar-refractivity contribution in [2.45, 2.75) is 24.7 Å². The Kier molecular flexibility index (Phi) is 5.44. The van der Waals surface area contributed by atoms with Crippen LogP contribution in [0.4, 0.5) is 11.4 Å². The van der Waals surface area contributed by atoms with Gasteiger partial charge < -0.3 is 10.6 Å². The topological polar surface area (TPSA) is 80.5 Å². The lowest BCUT2D eigenvalue weighted by molar-refractivity contribution is 0.0985. The second-order valence-electron chi connectivity index (χ2n) is 6.16. The van der Waals surface area contributed by atoms with Gasteiger partial charge in [0.05, 0.1) is 4.90 Å². The normalized spacial score (nSPS) is 13.8. The molecule has 3 rings (SSSR count). The summed E-state index contributed by atoms with van der Waals surface area (Å²) >= 11 is 0. The maximum atomic E-state index is 13.0. The zero-order valence-electron chi connectivity index (χ0n) is 14.2. The highest BCUT2D eigenvalue weighted by Crippen LogP contribution is 2.32. The Balaban J connectivity index is 0.00000225. The molecule has 0 bridgehead atoms. The molecule has 1 amide bonds. The minimum atomic E-state index is -3.38. The summed E-state index contributed by atoms with van der Waals surface area (Å²) in [5, 5.41) is 0. The highest BCUT2D eigenvalue weighted by molar-refractivity contribution is 7.90. The van der Waals surface area contributed by atoms with E-state index in [1.54, 1.807) is 24.0 Å². The van der Waals surface area contributed by atoms with Crippen LogP contribution in [0.15, 0.2) is 41.3 Å². The van der Waals surface area contributed by atoms with Gasteiger partial charge in [-0.25, -0.2) is 8.42 Å². The van der Waals surface area contributed by atoms with Gasteiger partial charge in [0.2, 0.25) is 0 Å². The number of rotatable bonds is 2. The molecule has 2 aromatic rings. The minimum Gasteiger partial charge on any atom is -0.398 e. The molecule has 5 nitrogen and oxygen atoms in total. The first-order valence-electron chi connectivity index (χ1n) is 7.79. The van der Waals surface area contributed by atoms with Gasteiger partial charge in [-0.2, -0.15) is 0 Å². The number of amides is 1. The molecule has 2 aromatic carbocycles. The summed E-state index contributed by atoms with van der Waals surface area (Å²) in [6.07, 6.45) is 2.83. The molecule has 134 valence electrons. The molecule has 0 saturated carbocycles. The van der Waals surface area contributed by atoms with E-state index in [0.29, 0.717) is 23.4 Å². The summed E-state index contributed by atoms with van der Waals surface area (Å²) < 4.78 is 23.8. The number of anilines is 2. The van der Waals surface area contributed by atoms with Crippen LogP contribution in [0.1, 0.15) is 27.9 Å². The van der Waals surface area contributed by atoms with E-state index >= 15 is 0 Å². The van der Waals surface area contributed by atoms with E-state index in [9.17, 15) is 13.2 Å². The Labute approximate surface area is 154 Å². The Hall–Kier alpha value is -2.05. The summed E-state index contributed by atoms with van der Waals surface area (Å²) in [6.45, 7) is 2.32. The van der Waals surface area contributed by atoms with Crippen LogP contribution >= 0.6 is 12.4 Å². The molecule has 0 aromatic heterocycles. The Morgan fingerprint density at radius 3 is 2.60 bits per heavy atom. The van der Waals surface area contributed by atoms with Crippen molar-refractivity contribution in [1.29, 1.82) is 0 Å². The highest BCUT2D eigenvalue weighted by atomic mass is 35.5. The van der Waals surface area contributed by atoms with Crippen LogP contribution in [0.5, 0.6) is 0 Å². The number of nitrogens with two attached hydrogens (primary N) is 1. The first kappa shape index (κ1) is 19.3. The van der Waals surface area contributed by atoms with Crippen molar-refractivity contribution in [2.75, 3.05) is 23.4 Å². The summed E-state index contributed by atoms with van der Waals surface area (Å²) in [4.78, 5) is 14.8. The minimum absolute atomic E-state index is 0. The number of nitrogens with zero attached hydrogens (tertiary/aromatic N) is 1. The van der Waals surface area contributed by atoms with Gasteiger partial charge in [0, 0.05) is 29.7 Å². The molecule has 0 aliphatic carbocycles. The fourth-order valence-electron chi connectivity index (χ4n) is 3.15. The largest absolute Gasteiger partial charge is 0.398 e. The van der Waals surface area contributed by atoms with Crippen LogP contribution in [0.25, 0.3) is 0 Å². The molecule has 0 unspecified atom stereocenters. The van der Waals surface area contributed by atoms with Crippen LogP contribution in [-0.2, 0) is 16.3 Å². The third kappa shape index (κ3) is 3.65. The SMILES string of the molecule is Cc1ccc(C(=O)N2CCCc3c(N)cccc32)cc1S(C)(=O)=O.Cl. The van der Waals surface area contributed by atoms with E-state index < -0.39 is 9.84 Å². The number of halogens is 1. The molecule has 2 N–H and O–H groups in total. The second kappa shape index (κ2) is 7.06. The van der Waals surface area contributed by atoms with E-state index in [2.05, 4.69) is 0 Å². The number of aryl methyl sites for hydroxylation is 1. The third-order valence-electron chi connectivity index (χ3n) is 4.37. The molecular weight excluding hydrogens is 360 g/mol. The monoisotopic (exact) mass is 380 g/mol. The Morgan fingerprint density at radius 1 is 1.20 bits per heavy atom. The summed E-state index contributed by atoms with van der Waals surface area (Å²) in [6, 6.07) is 10.4. The van der Waals surface area contributed by atoms with Gasteiger partial charge in [0.1, 0.15) is 0 Å². The molecule has 1 heterocycles. The van der Waals surface area contributed by atoms with Crippen molar-refractivity contribution in [1.82, 2.24) is 0 Å². The number of benzene rings is 2. The van der Waals surface area contributed by atoms with Crippen molar-refractivity contribution >= 4 is 39.5 Å². The van der Waals surface area contributed by atoms with Gasteiger partial charge >= 0.3 is 0 Å². The number of hydrogen-bond donors (Lipinski definition) is 1. The Bertz CT molecular complexity index is 926. The van der Waals surface area contributed by atoms with Crippen LogP contribution in [-0.4, -0.2) is 27.1 Å². The number of carbonyl (C=O) groups is 1. The molecule has 25 heavy (non-hydrogen) atoms.